The summed E-state index contributed by atoms with van der Waals surface area (Å²) in [5, 5.41) is 0. The molecule has 0 N–H and O–H groups in total. The number of nitrogens with zero attached hydrogens (tertiary/aromatic N) is 2. The number of ether oxygens (including phenoxy) is 2. The highest BCUT2D eigenvalue weighted by atomic mass is 16.5. The predicted molar refractivity (Wildman–Crippen MR) is 251 cm³/mol. The normalized spacial score (nSPS) is 14.1. The summed E-state index contributed by atoms with van der Waals surface area (Å²) in [4.78, 5) is 4.40. The van der Waals surface area contributed by atoms with Crippen LogP contribution in [-0.4, -0.2) is 0 Å². The summed E-state index contributed by atoms with van der Waals surface area (Å²) in [5.41, 5.74) is 7.38. The maximum atomic E-state index is 7.81. The van der Waals surface area contributed by atoms with Crippen LogP contribution in [0.3, 0.4) is 0 Å². The van der Waals surface area contributed by atoms with Crippen LogP contribution < -0.4 is 19.3 Å². The molecular formula is C58H38N2O4. The molecule has 0 bridgehead atoms. The molecule has 0 unspecified atom stereocenters. The summed E-state index contributed by atoms with van der Waals surface area (Å²) in [6.07, 6.45) is 0. The van der Waals surface area contributed by atoms with Crippen molar-refractivity contribution in [3.05, 3.63) is 275 Å². The van der Waals surface area contributed by atoms with Crippen LogP contribution in [0.1, 0.15) is 44.9 Å². The molecule has 6 nitrogen and oxygen atoms in total. The zero-order valence-electron chi connectivity index (χ0n) is 34.5. The van der Waals surface area contributed by atoms with E-state index in [0.717, 1.165) is 90.6 Å². The summed E-state index contributed by atoms with van der Waals surface area (Å²) in [5.74, 6) is 5.82. The molecule has 10 aromatic rings. The van der Waals surface area contributed by atoms with E-state index in [-0.39, 0.29) is 0 Å². The van der Waals surface area contributed by atoms with Gasteiger partial charge in [-0.1, -0.05) is 146 Å². The van der Waals surface area contributed by atoms with E-state index in [1.165, 1.54) is 0 Å². The molecule has 8 aromatic carbocycles. The van der Waals surface area contributed by atoms with Gasteiger partial charge in [-0.15, -0.1) is 0 Å². The van der Waals surface area contributed by atoms with Crippen molar-refractivity contribution in [2.24, 2.45) is 0 Å². The quantitative estimate of drug-likeness (QED) is 0.166. The van der Waals surface area contributed by atoms with Gasteiger partial charge in [-0.2, -0.15) is 0 Å². The van der Waals surface area contributed by atoms with E-state index < -0.39 is 10.8 Å². The molecule has 1 aliphatic carbocycles. The fourth-order valence-electron chi connectivity index (χ4n) is 10.5. The van der Waals surface area contributed by atoms with Crippen molar-refractivity contribution in [2.75, 3.05) is 9.80 Å². The molecule has 0 saturated heterocycles. The second-order valence-electron chi connectivity index (χ2n) is 16.4. The van der Waals surface area contributed by atoms with Crippen LogP contribution in [0.25, 0.3) is 0 Å². The number of hydrogen-bond donors (Lipinski definition) is 0. The van der Waals surface area contributed by atoms with E-state index in [0.29, 0.717) is 11.8 Å². The molecule has 304 valence electrons. The second-order valence-corrected chi connectivity index (χ2v) is 16.4. The van der Waals surface area contributed by atoms with Crippen molar-refractivity contribution >= 4 is 34.5 Å². The SMILES string of the molecule is c1ccc(N(c2ccccc2)c2cc3c(o2)C2(c4ccccc4Oc4ccccc42)c2cc(N(c4ccccc4)c4ccccc4)oc2C32c3ccccc3Oc3ccccc32)cc1. The van der Waals surface area contributed by atoms with Crippen LogP contribution in [0.4, 0.5) is 34.5 Å². The Morgan fingerprint density at radius 3 is 0.797 bits per heavy atom. The van der Waals surface area contributed by atoms with Crippen LogP contribution in [-0.2, 0) is 10.8 Å². The third-order valence-electron chi connectivity index (χ3n) is 13.0. The summed E-state index contributed by atoms with van der Waals surface area (Å²) in [6.45, 7) is 0. The van der Waals surface area contributed by atoms with Gasteiger partial charge in [0.15, 0.2) is 0 Å². The molecule has 2 aliphatic heterocycles. The number of hydrogen-bond acceptors (Lipinski definition) is 6. The van der Waals surface area contributed by atoms with Gasteiger partial charge in [0.2, 0.25) is 11.8 Å². The summed E-state index contributed by atoms with van der Waals surface area (Å²) < 4.78 is 29.3. The fourth-order valence-corrected chi connectivity index (χ4v) is 10.5. The number of fused-ring (bicyclic) bond motifs is 14. The van der Waals surface area contributed by atoms with Gasteiger partial charge in [-0.3, -0.25) is 9.80 Å². The molecule has 0 atom stereocenters. The summed E-state index contributed by atoms with van der Waals surface area (Å²) in [6, 6.07) is 79.6. The van der Waals surface area contributed by atoms with Crippen molar-refractivity contribution in [1.29, 1.82) is 0 Å². The minimum Gasteiger partial charge on any atom is -0.457 e. The first kappa shape index (κ1) is 36.2. The number of para-hydroxylation sites is 8. The maximum absolute atomic E-state index is 7.81. The van der Waals surface area contributed by atoms with Gasteiger partial charge >= 0.3 is 0 Å². The van der Waals surface area contributed by atoms with E-state index >= 15 is 0 Å². The van der Waals surface area contributed by atoms with Crippen LogP contribution >= 0.6 is 0 Å². The highest BCUT2D eigenvalue weighted by molar-refractivity contribution is 5.85. The first-order valence-electron chi connectivity index (χ1n) is 21.6. The molecule has 3 aliphatic rings. The number of anilines is 6. The van der Waals surface area contributed by atoms with Gasteiger partial charge in [0.1, 0.15) is 45.3 Å². The van der Waals surface area contributed by atoms with Gasteiger partial charge in [-0.25, -0.2) is 0 Å². The molecule has 2 spiro atoms. The summed E-state index contributed by atoms with van der Waals surface area (Å²) >= 11 is 0. The van der Waals surface area contributed by atoms with E-state index in [4.69, 9.17) is 18.3 Å². The number of furan rings is 2. The zero-order valence-corrected chi connectivity index (χ0v) is 34.5. The standard InChI is InChI=1S/C58H38N2O4/c1-5-21-39(22-6-1)59(40-23-7-2-8-24-40)53-37-47-55(63-53)58(45-31-15-19-35-51(45)62-52-36-20-16-32-46(52)58)48-38-54(60(41-25-9-3-10-26-41)42-27-11-4-12-28-42)64-56(48)57(47)43-29-13-17-33-49(43)61-50-34-18-14-30-44(50)57/h1-38H. The average molecular weight is 827 g/mol. The molecule has 0 radical (unpaired) electrons. The molecular weight excluding hydrogens is 789 g/mol. The highest BCUT2D eigenvalue weighted by Gasteiger charge is 2.63. The Balaban J connectivity index is 1.23. The van der Waals surface area contributed by atoms with Crippen molar-refractivity contribution in [1.82, 2.24) is 0 Å². The Kier molecular flexibility index (Phi) is 7.93. The van der Waals surface area contributed by atoms with E-state index in [2.05, 4.69) is 192 Å². The van der Waals surface area contributed by atoms with E-state index in [9.17, 15) is 0 Å². The van der Waals surface area contributed by atoms with E-state index in [1.54, 1.807) is 0 Å². The minimum atomic E-state index is -1.07. The molecule has 64 heavy (non-hydrogen) atoms. The lowest BCUT2D eigenvalue weighted by Crippen LogP contribution is -2.46. The number of rotatable bonds is 6. The van der Waals surface area contributed by atoms with Gasteiger partial charge in [0.25, 0.3) is 0 Å². The van der Waals surface area contributed by atoms with Gasteiger partial charge < -0.3 is 18.3 Å². The third-order valence-corrected chi connectivity index (χ3v) is 13.0. The van der Waals surface area contributed by atoms with Crippen LogP contribution in [0.5, 0.6) is 23.0 Å². The van der Waals surface area contributed by atoms with Gasteiger partial charge in [0, 0.05) is 68.3 Å². The lowest BCUT2D eigenvalue weighted by molar-refractivity contribution is 0.353. The zero-order chi connectivity index (χ0) is 42.2. The fraction of sp³-hybridized carbons (Fsp3) is 0.0345. The van der Waals surface area contributed by atoms with Crippen molar-refractivity contribution < 1.29 is 18.3 Å². The molecule has 0 fully saturated rings. The van der Waals surface area contributed by atoms with Gasteiger partial charge in [-0.05, 0) is 72.8 Å². The predicted octanol–water partition coefficient (Wildman–Crippen LogP) is 15.1. The molecule has 0 amide bonds. The highest BCUT2D eigenvalue weighted by Crippen LogP contribution is 2.69. The van der Waals surface area contributed by atoms with Gasteiger partial charge in [0.05, 0.1) is 0 Å². The van der Waals surface area contributed by atoms with E-state index in [1.807, 2.05) is 48.5 Å². The maximum Gasteiger partial charge on any atom is 0.205 e. The first-order chi connectivity index (χ1) is 31.7. The molecule has 13 rings (SSSR count). The van der Waals surface area contributed by atoms with Crippen molar-refractivity contribution in [3.63, 3.8) is 0 Å². The summed E-state index contributed by atoms with van der Waals surface area (Å²) in [7, 11) is 0. The smallest absolute Gasteiger partial charge is 0.205 e. The molecule has 2 aromatic heterocycles. The van der Waals surface area contributed by atoms with Crippen LogP contribution in [0.15, 0.2) is 239 Å². The third kappa shape index (κ3) is 5.02. The Bertz CT molecular complexity index is 2920. The topological polar surface area (TPSA) is 51.2 Å². The molecule has 6 heteroatoms. The monoisotopic (exact) mass is 826 g/mol. The van der Waals surface area contributed by atoms with Crippen LogP contribution in [0, 0.1) is 0 Å². The number of benzene rings is 8. The molecule has 4 heterocycles. The first-order valence-corrected chi connectivity index (χ1v) is 21.6. The second kappa shape index (κ2) is 14.0. The lowest BCUT2D eigenvalue weighted by atomic mass is 9.54. The Morgan fingerprint density at radius 1 is 0.266 bits per heavy atom. The van der Waals surface area contributed by atoms with Crippen LogP contribution in [0.2, 0.25) is 0 Å². The Hall–Kier alpha value is -8.48. The Morgan fingerprint density at radius 2 is 0.516 bits per heavy atom. The largest absolute Gasteiger partial charge is 0.457 e. The average Bonchev–Trinajstić information content (AvgIpc) is 4.01. The molecule has 0 saturated carbocycles. The Labute approximate surface area is 370 Å². The lowest BCUT2D eigenvalue weighted by Gasteiger charge is -2.48. The minimum absolute atomic E-state index is 0.657. The van der Waals surface area contributed by atoms with Crippen molar-refractivity contribution in [2.45, 2.75) is 10.8 Å². The van der Waals surface area contributed by atoms with Crippen molar-refractivity contribution in [3.8, 4) is 23.0 Å².